The van der Waals surface area contributed by atoms with Crippen molar-refractivity contribution in [2.75, 3.05) is 25.1 Å². The van der Waals surface area contributed by atoms with E-state index in [4.69, 9.17) is 9.84 Å². The molecule has 9 heteroatoms. The molecule has 0 bridgehead atoms. The monoisotopic (exact) mass is 433 g/mol. The summed E-state index contributed by atoms with van der Waals surface area (Å²) in [7, 11) is 0. The van der Waals surface area contributed by atoms with Gasteiger partial charge in [-0.05, 0) is 42.7 Å². The topological polar surface area (TPSA) is 91.8 Å². The molecule has 0 atom stereocenters. The molecule has 7 nitrogen and oxygen atoms in total. The van der Waals surface area contributed by atoms with Crippen molar-refractivity contribution in [3.63, 3.8) is 0 Å². The molecule has 2 fully saturated rings. The first-order chi connectivity index (χ1) is 14.9. The first kappa shape index (κ1) is 22.6. The van der Waals surface area contributed by atoms with E-state index in [1.807, 2.05) is 4.90 Å². The maximum absolute atomic E-state index is 13.0. The second kappa shape index (κ2) is 10.8. The van der Waals surface area contributed by atoms with E-state index in [2.05, 4.69) is 10.3 Å². The predicted molar refractivity (Wildman–Crippen MR) is 111 cm³/mol. The number of nitrogens with zero attached hydrogens (tertiary/aromatic N) is 2. The van der Waals surface area contributed by atoms with Crippen molar-refractivity contribution in [2.45, 2.75) is 38.1 Å². The van der Waals surface area contributed by atoms with Crippen LogP contribution in [0.25, 0.3) is 11.1 Å². The van der Waals surface area contributed by atoms with Gasteiger partial charge in [-0.1, -0.05) is 19.3 Å². The Balaban J connectivity index is 0.000000185. The lowest BCUT2D eigenvalue weighted by Gasteiger charge is -2.36. The van der Waals surface area contributed by atoms with Gasteiger partial charge >= 0.3 is 6.09 Å². The van der Waals surface area contributed by atoms with Gasteiger partial charge in [-0.15, -0.1) is 0 Å². The van der Waals surface area contributed by atoms with Crippen LogP contribution in [0.4, 0.5) is 19.4 Å². The van der Waals surface area contributed by atoms with E-state index in [-0.39, 0.29) is 11.7 Å². The number of nitrogens with one attached hydrogen (secondary N) is 1. The minimum Gasteiger partial charge on any atom is -0.465 e. The predicted octanol–water partition coefficient (Wildman–Crippen LogP) is 4.29. The van der Waals surface area contributed by atoms with Crippen LogP contribution < -0.4 is 5.32 Å². The van der Waals surface area contributed by atoms with Gasteiger partial charge in [-0.25, -0.2) is 18.6 Å². The minimum absolute atomic E-state index is 0.142. The Morgan fingerprint density at radius 2 is 1.81 bits per heavy atom. The van der Waals surface area contributed by atoms with Crippen molar-refractivity contribution in [3.8, 4) is 11.1 Å². The normalized spacial score (nSPS) is 17.0. The van der Waals surface area contributed by atoms with Crippen LogP contribution in [0.5, 0.6) is 0 Å². The zero-order valence-corrected chi connectivity index (χ0v) is 17.0. The van der Waals surface area contributed by atoms with E-state index in [0.717, 1.165) is 19.2 Å². The van der Waals surface area contributed by atoms with Gasteiger partial charge in [0.2, 0.25) is 5.91 Å². The number of benzene rings is 1. The van der Waals surface area contributed by atoms with Gasteiger partial charge in [0.15, 0.2) is 0 Å². The first-order valence-electron chi connectivity index (χ1n) is 10.2. The van der Waals surface area contributed by atoms with Crippen LogP contribution >= 0.6 is 0 Å². The number of carbonyl (C=O) groups is 2. The summed E-state index contributed by atoms with van der Waals surface area (Å²) in [5, 5.41) is 10.5. The van der Waals surface area contributed by atoms with Crippen LogP contribution in [-0.2, 0) is 9.53 Å². The highest BCUT2D eigenvalue weighted by molar-refractivity contribution is 5.81. The third-order valence-corrected chi connectivity index (χ3v) is 5.23. The number of carbonyl (C=O) groups excluding carboxylic acids is 1. The molecule has 2 aliphatic rings. The lowest BCUT2D eigenvalue weighted by Crippen LogP contribution is -2.48. The van der Waals surface area contributed by atoms with Gasteiger partial charge in [0.25, 0.3) is 0 Å². The van der Waals surface area contributed by atoms with Gasteiger partial charge in [0, 0.05) is 30.4 Å². The Labute approximate surface area is 179 Å². The quantitative estimate of drug-likeness (QED) is 0.753. The van der Waals surface area contributed by atoms with Crippen molar-refractivity contribution < 1.29 is 28.2 Å². The van der Waals surface area contributed by atoms with Crippen LogP contribution in [0, 0.1) is 11.6 Å². The second-order valence-corrected chi connectivity index (χ2v) is 7.45. The van der Waals surface area contributed by atoms with E-state index >= 15 is 0 Å². The fourth-order valence-electron chi connectivity index (χ4n) is 3.78. The van der Waals surface area contributed by atoms with E-state index in [9.17, 15) is 18.4 Å². The molecule has 0 radical (unpaired) electrons. The Morgan fingerprint density at radius 1 is 1.10 bits per heavy atom. The number of hydrogen-bond acceptors (Lipinski definition) is 4. The maximum Gasteiger partial charge on any atom is 0.410 e. The molecule has 2 amide bonds. The standard InChI is InChI=1S/C12H8F2N2O2.C10H17NO2/c13-9-3-8(4-10(14)5-9)7-1-2-11(15-6-7)16-12(17)18;12-10-8-13-7-6-11(10)9-4-2-1-3-5-9/h1-6H,(H,15,16)(H,17,18);9H,1-8H2. The largest absolute Gasteiger partial charge is 0.465 e. The van der Waals surface area contributed by atoms with E-state index < -0.39 is 17.7 Å². The molecular formula is C22H25F2N3O4. The number of ether oxygens (including phenoxy) is 1. The Morgan fingerprint density at radius 3 is 2.39 bits per heavy atom. The molecule has 4 rings (SSSR count). The number of carboxylic acid groups (broad SMARTS) is 1. The summed E-state index contributed by atoms with van der Waals surface area (Å²) in [6.07, 6.45) is 6.42. The Bertz CT molecular complexity index is 882. The zero-order valence-electron chi connectivity index (χ0n) is 17.0. The average Bonchev–Trinajstić information content (AvgIpc) is 2.75. The molecule has 0 spiro atoms. The molecule has 0 unspecified atom stereocenters. The highest BCUT2D eigenvalue weighted by atomic mass is 19.1. The SMILES string of the molecule is O=C(O)Nc1ccc(-c2cc(F)cc(F)c2)cn1.O=C1COCCN1C1CCCCC1. The lowest BCUT2D eigenvalue weighted by molar-refractivity contribution is -0.146. The number of rotatable bonds is 3. The lowest BCUT2D eigenvalue weighted by atomic mass is 9.94. The zero-order chi connectivity index (χ0) is 22.2. The number of morpholine rings is 1. The third-order valence-electron chi connectivity index (χ3n) is 5.23. The molecule has 1 aromatic carbocycles. The highest BCUT2D eigenvalue weighted by Gasteiger charge is 2.27. The molecule has 2 heterocycles. The van der Waals surface area contributed by atoms with Gasteiger partial charge in [-0.2, -0.15) is 0 Å². The van der Waals surface area contributed by atoms with Crippen molar-refractivity contribution in [1.82, 2.24) is 9.88 Å². The van der Waals surface area contributed by atoms with E-state index in [0.29, 0.717) is 23.8 Å². The second-order valence-electron chi connectivity index (χ2n) is 7.45. The van der Waals surface area contributed by atoms with Crippen molar-refractivity contribution >= 4 is 17.8 Å². The third kappa shape index (κ3) is 6.71. The summed E-state index contributed by atoms with van der Waals surface area (Å²) in [6.45, 7) is 1.84. The Kier molecular flexibility index (Phi) is 7.88. The molecule has 166 valence electrons. The number of halogens is 2. The van der Waals surface area contributed by atoms with Crippen LogP contribution in [0.3, 0.4) is 0 Å². The van der Waals surface area contributed by atoms with Crippen LogP contribution in [-0.4, -0.2) is 52.8 Å². The number of pyridine rings is 1. The van der Waals surface area contributed by atoms with Crippen molar-refractivity contribution in [2.24, 2.45) is 0 Å². The molecule has 1 saturated heterocycles. The Hall–Kier alpha value is -3.07. The fourth-order valence-corrected chi connectivity index (χ4v) is 3.78. The summed E-state index contributed by atoms with van der Waals surface area (Å²) in [4.78, 5) is 27.7. The van der Waals surface area contributed by atoms with Gasteiger partial charge in [0.05, 0.1) is 6.61 Å². The molecule has 2 N–H and O–H groups in total. The average molecular weight is 433 g/mol. The summed E-state index contributed by atoms with van der Waals surface area (Å²) in [5.41, 5.74) is 0.825. The molecule has 1 aromatic heterocycles. The molecule has 1 aliphatic heterocycles. The first-order valence-corrected chi connectivity index (χ1v) is 10.2. The molecular weight excluding hydrogens is 408 g/mol. The fraction of sp³-hybridized carbons (Fsp3) is 0.409. The summed E-state index contributed by atoms with van der Waals surface area (Å²) in [6, 6.07) is 6.57. The summed E-state index contributed by atoms with van der Waals surface area (Å²) < 4.78 is 31.1. The molecule has 1 saturated carbocycles. The van der Waals surface area contributed by atoms with E-state index in [1.54, 1.807) is 0 Å². The number of hydrogen-bond donors (Lipinski definition) is 2. The van der Waals surface area contributed by atoms with Gasteiger partial charge in [0.1, 0.15) is 24.1 Å². The summed E-state index contributed by atoms with van der Waals surface area (Å²) in [5.74, 6) is -1.03. The molecule has 2 aromatic rings. The van der Waals surface area contributed by atoms with E-state index in [1.165, 1.54) is 62.6 Å². The summed E-state index contributed by atoms with van der Waals surface area (Å²) >= 11 is 0. The number of aromatic nitrogens is 1. The number of amides is 2. The minimum atomic E-state index is -1.23. The van der Waals surface area contributed by atoms with Crippen molar-refractivity contribution in [1.29, 1.82) is 0 Å². The van der Waals surface area contributed by atoms with Gasteiger partial charge < -0.3 is 14.7 Å². The number of anilines is 1. The van der Waals surface area contributed by atoms with Crippen LogP contribution in [0.15, 0.2) is 36.5 Å². The smallest absolute Gasteiger partial charge is 0.410 e. The molecule has 1 aliphatic carbocycles. The van der Waals surface area contributed by atoms with Gasteiger partial charge in [-0.3, -0.25) is 10.1 Å². The van der Waals surface area contributed by atoms with Crippen LogP contribution in [0.1, 0.15) is 32.1 Å². The maximum atomic E-state index is 13.0. The highest BCUT2D eigenvalue weighted by Crippen LogP contribution is 2.24. The van der Waals surface area contributed by atoms with Crippen molar-refractivity contribution in [3.05, 3.63) is 48.2 Å². The van der Waals surface area contributed by atoms with Crippen LogP contribution in [0.2, 0.25) is 0 Å². The molecule has 31 heavy (non-hydrogen) atoms.